The first kappa shape index (κ1) is 13.0. The van der Waals surface area contributed by atoms with E-state index in [1.54, 1.807) is 25.7 Å². The molecule has 1 aliphatic heterocycles. The smallest absolute Gasteiger partial charge is 0.00163 e. The lowest BCUT2D eigenvalue weighted by Crippen LogP contribution is -2.47. The largest absolute Gasteiger partial charge is 0.306 e. The van der Waals surface area contributed by atoms with E-state index in [0.717, 1.165) is 17.3 Å². The fourth-order valence-corrected chi connectivity index (χ4v) is 5.36. The zero-order valence-electron chi connectivity index (χ0n) is 12.3. The first-order chi connectivity index (χ1) is 8.81. The standard InChI is InChI=1S/C17H31N/c1-18-13-11-17(12-14-18,16-9-5-6-10-16)15-7-3-2-4-8-15/h15-16H,2-14H2,1H3. The summed E-state index contributed by atoms with van der Waals surface area (Å²) in [5.74, 6) is 2.18. The third-order valence-electron chi connectivity index (χ3n) is 6.50. The maximum atomic E-state index is 2.57. The Bertz CT molecular complexity index is 253. The van der Waals surface area contributed by atoms with Gasteiger partial charge in [0.25, 0.3) is 0 Å². The average Bonchev–Trinajstić information content (AvgIpc) is 2.95. The summed E-state index contributed by atoms with van der Waals surface area (Å²) in [5, 5.41) is 0. The summed E-state index contributed by atoms with van der Waals surface area (Å²) in [7, 11) is 2.32. The summed E-state index contributed by atoms with van der Waals surface area (Å²) in [5.41, 5.74) is 0.767. The van der Waals surface area contributed by atoms with Crippen LogP contribution < -0.4 is 0 Å². The minimum absolute atomic E-state index is 0.767. The van der Waals surface area contributed by atoms with Gasteiger partial charge in [0.2, 0.25) is 0 Å². The molecule has 3 rings (SSSR count). The lowest BCUT2D eigenvalue weighted by atomic mass is 9.57. The molecule has 0 spiro atoms. The molecule has 0 radical (unpaired) electrons. The van der Waals surface area contributed by atoms with E-state index in [9.17, 15) is 0 Å². The molecule has 0 atom stereocenters. The van der Waals surface area contributed by atoms with Gasteiger partial charge < -0.3 is 4.90 Å². The molecule has 18 heavy (non-hydrogen) atoms. The van der Waals surface area contributed by atoms with Crippen molar-refractivity contribution in [3.63, 3.8) is 0 Å². The van der Waals surface area contributed by atoms with E-state index in [1.165, 1.54) is 58.0 Å². The van der Waals surface area contributed by atoms with E-state index in [1.807, 2.05) is 0 Å². The molecule has 0 aromatic heterocycles. The van der Waals surface area contributed by atoms with Crippen molar-refractivity contribution in [2.24, 2.45) is 17.3 Å². The first-order valence-electron chi connectivity index (χ1n) is 8.50. The highest BCUT2D eigenvalue weighted by molar-refractivity contribution is 4.97. The topological polar surface area (TPSA) is 3.24 Å². The van der Waals surface area contributed by atoms with E-state index < -0.39 is 0 Å². The van der Waals surface area contributed by atoms with Crippen molar-refractivity contribution in [1.29, 1.82) is 0 Å². The van der Waals surface area contributed by atoms with Gasteiger partial charge in [-0.05, 0) is 75.9 Å². The normalized spacial score (nSPS) is 31.8. The van der Waals surface area contributed by atoms with Crippen molar-refractivity contribution in [1.82, 2.24) is 4.90 Å². The van der Waals surface area contributed by atoms with Gasteiger partial charge in [0.05, 0.1) is 0 Å². The molecule has 0 N–H and O–H groups in total. The van der Waals surface area contributed by atoms with Crippen LogP contribution in [0.15, 0.2) is 0 Å². The van der Waals surface area contributed by atoms with Crippen LogP contribution in [0, 0.1) is 17.3 Å². The van der Waals surface area contributed by atoms with Crippen LogP contribution in [0.5, 0.6) is 0 Å². The van der Waals surface area contributed by atoms with Gasteiger partial charge in [0.1, 0.15) is 0 Å². The maximum absolute atomic E-state index is 2.57. The maximum Gasteiger partial charge on any atom is -0.00163 e. The number of likely N-dealkylation sites (tertiary alicyclic amines) is 1. The van der Waals surface area contributed by atoms with Crippen LogP contribution in [0.4, 0.5) is 0 Å². The third kappa shape index (κ3) is 2.35. The predicted octanol–water partition coefficient (Wildman–Crippen LogP) is 4.47. The highest BCUT2D eigenvalue weighted by Gasteiger charge is 2.46. The zero-order chi connectivity index (χ0) is 12.4. The summed E-state index contributed by atoms with van der Waals surface area (Å²) in [6, 6.07) is 0. The number of piperidine rings is 1. The minimum Gasteiger partial charge on any atom is -0.306 e. The van der Waals surface area contributed by atoms with E-state index in [4.69, 9.17) is 0 Å². The molecule has 0 bridgehead atoms. The molecule has 0 amide bonds. The summed E-state index contributed by atoms with van der Waals surface area (Å²) in [6.07, 6.45) is 16.9. The molecule has 2 saturated carbocycles. The molecular weight excluding hydrogens is 218 g/mol. The van der Waals surface area contributed by atoms with Gasteiger partial charge in [-0.1, -0.05) is 32.1 Å². The van der Waals surface area contributed by atoms with Crippen molar-refractivity contribution in [3.8, 4) is 0 Å². The lowest BCUT2D eigenvalue weighted by Gasteiger charge is -2.51. The Morgan fingerprint density at radius 3 is 1.67 bits per heavy atom. The van der Waals surface area contributed by atoms with Crippen LogP contribution in [0.1, 0.15) is 70.6 Å². The van der Waals surface area contributed by atoms with Crippen LogP contribution in [0.3, 0.4) is 0 Å². The van der Waals surface area contributed by atoms with Crippen molar-refractivity contribution in [3.05, 3.63) is 0 Å². The second-order valence-corrected chi connectivity index (χ2v) is 7.35. The van der Waals surface area contributed by atoms with Gasteiger partial charge in [-0.15, -0.1) is 0 Å². The summed E-state index contributed by atoms with van der Waals surface area (Å²) in [6.45, 7) is 2.74. The molecule has 1 saturated heterocycles. The first-order valence-corrected chi connectivity index (χ1v) is 8.50. The van der Waals surface area contributed by atoms with Gasteiger partial charge in [-0.25, -0.2) is 0 Å². The van der Waals surface area contributed by atoms with E-state index in [-0.39, 0.29) is 0 Å². The van der Waals surface area contributed by atoms with Gasteiger partial charge in [0.15, 0.2) is 0 Å². The second kappa shape index (κ2) is 5.53. The van der Waals surface area contributed by atoms with E-state index in [2.05, 4.69) is 11.9 Å². The molecule has 1 heteroatoms. The Labute approximate surface area is 113 Å². The van der Waals surface area contributed by atoms with Gasteiger partial charge in [-0.3, -0.25) is 0 Å². The fraction of sp³-hybridized carbons (Fsp3) is 1.00. The monoisotopic (exact) mass is 249 g/mol. The molecule has 0 aromatic rings. The summed E-state index contributed by atoms with van der Waals surface area (Å²) < 4.78 is 0. The Morgan fingerprint density at radius 1 is 0.722 bits per heavy atom. The molecule has 3 fully saturated rings. The van der Waals surface area contributed by atoms with E-state index >= 15 is 0 Å². The van der Waals surface area contributed by atoms with Gasteiger partial charge in [0, 0.05) is 0 Å². The van der Waals surface area contributed by atoms with Crippen LogP contribution in [-0.4, -0.2) is 25.0 Å². The SMILES string of the molecule is CN1CCC(C2CCCCC2)(C2CCCC2)CC1. The average molecular weight is 249 g/mol. The lowest BCUT2D eigenvalue weighted by molar-refractivity contribution is -0.0142. The summed E-state index contributed by atoms with van der Waals surface area (Å²) >= 11 is 0. The number of hydrogen-bond acceptors (Lipinski definition) is 1. The Hall–Kier alpha value is -0.0400. The van der Waals surface area contributed by atoms with Crippen LogP contribution in [-0.2, 0) is 0 Å². The van der Waals surface area contributed by atoms with E-state index in [0.29, 0.717) is 0 Å². The predicted molar refractivity (Wildman–Crippen MR) is 77.7 cm³/mol. The minimum atomic E-state index is 0.767. The highest BCUT2D eigenvalue weighted by Crippen LogP contribution is 2.55. The molecular formula is C17H31N. The van der Waals surface area contributed by atoms with Crippen molar-refractivity contribution in [2.45, 2.75) is 70.6 Å². The van der Waals surface area contributed by atoms with Crippen LogP contribution in [0.2, 0.25) is 0 Å². The molecule has 1 nitrogen and oxygen atoms in total. The second-order valence-electron chi connectivity index (χ2n) is 7.35. The van der Waals surface area contributed by atoms with Crippen molar-refractivity contribution in [2.75, 3.05) is 20.1 Å². The summed E-state index contributed by atoms with van der Waals surface area (Å²) in [4.78, 5) is 2.57. The van der Waals surface area contributed by atoms with Crippen LogP contribution in [0.25, 0.3) is 0 Å². The van der Waals surface area contributed by atoms with Gasteiger partial charge in [-0.2, -0.15) is 0 Å². The molecule has 1 heterocycles. The quantitative estimate of drug-likeness (QED) is 0.698. The Balaban J connectivity index is 1.77. The van der Waals surface area contributed by atoms with Crippen LogP contribution >= 0.6 is 0 Å². The third-order valence-corrected chi connectivity index (χ3v) is 6.50. The molecule has 2 aliphatic carbocycles. The van der Waals surface area contributed by atoms with Crippen molar-refractivity contribution >= 4 is 0 Å². The fourth-order valence-electron chi connectivity index (χ4n) is 5.36. The Morgan fingerprint density at radius 2 is 1.17 bits per heavy atom. The molecule has 104 valence electrons. The number of hydrogen-bond donors (Lipinski definition) is 0. The number of nitrogens with zero attached hydrogens (tertiary/aromatic N) is 1. The van der Waals surface area contributed by atoms with Crippen molar-refractivity contribution < 1.29 is 0 Å². The van der Waals surface area contributed by atoms with Gasteiger partial charge >= 0.3 is 0 Å². The highest BCUT2D eigenvalue weighted by atomic mass is 15.1. The molecule has 0 aromatic carbocycles. The molecule has 0 unspecified atom stereocenters. The Kier molecular flexibility index (Phi) is 3.98. The zero-order valence-corrected chi connectivity index (χ0v) is 12.3. The molecule has 3 aliphatic rings. The number of rotatable bonds is 2.